The molecule has 2 saturated heterocycles. The summed E-state index contributed by atoms with van der Waals surface area (Å²) in [5, 5.41) is 3.73. The maximum atomic E-state index is 5.48. The van der Waals surface area contributed by atoms with Crippen LogP contribution in [0.1, 0.15) is 24.8 Å². The SMILES string of the molecule is c1ccc(CC2CN(CC3CCOCC3)CCCN2)cc1. The van der Waals surface area contributed by atoms with Crippen LogP contribution in [0.4, 0.5) is 0 Å². The summed E-state index contributed by atoms with van der Waals surface area (Å²) in [5.41, 5.74) is 1.45. The van der Waals surface area contributed by atoms with Crippen LogP contribution in [0.3, 0.4) is 0 Å². The molecule has 0 bridgehead atoms. The van der Waals surface area contributed by atoms with E-state index in [1.165, 1.54) is 44.5 Å². The van der Waals surface area contributed by atoms with Gasteiger partial charge in [0.1, 0.15) is 0 Å². The first-order chi connectivity index (χ1) is 10.4. The highest BCUT2D eigenvalue weighted by atomic mass is 16.5. The molecule has 2 fully saturated rings. The maximum Gasteiger partial charge on any atom is 0.0469 e. The molecule has 2 heterocycles. The predicted molar refractivity (Wildman–Crippen MR) is 86.5 cm³/mol. The number of nitrogens with one attached hydrogen (secondary N) is 1. The summed E-state index contributed by atoms with van der Waals surface area (Å²) in [4.78, 5) is 2.68. The second kappa shape index (κ2) is 7.92. The van der Waals surface area contributed by atoms with E-state index in [9.17, 15) is 0 Å². The van der Waals surface area contributed by atoms with Gasteiger partial charge in [0.15, 0.2) is 0 Å². The zero-order valence-electron chi connectivity index (χ0n) is 13.0. The van der Waals surface area contributed by atoms with Crippen molar-refractivity contribution in [2.75, 3.05) is 39.4 Å². The lowest BCUT2D eigenvalue weighted by molar-refractivity contribution is 0.0523. The van der Waals surface area contributed by atoms with Crippen LogP contribution in [0.15, 0.2) is 30.3 Å². The molecule has 0 aliphatic carbocycles. The summed E-state index contributed by atoms with van der Waals surface area (Å²) in [6.07, 6.45) is 4.90. The molecule has 1 atom stereocenters. The smallest absolute Gasteiger partial charge is 0.0469 e. The molecule has 2 aliphatic rings. The Kier molecular flexibility index (Phi) is 5.67. The molecule has 1 aromatic carbocycles. The third-order valence-electron chi connectivity index (χ3n) is 4.74. The lowest BCUT2D eigenvalue weighted by Gasteiger charge is -2.30. The molecule has 1 N–H and O–H groups in total. The fourth-order valence-electron chi connectivity index (χ4n) is 3.57. The van der Waals surface area contributed by atoms with Crippen molar-refractivity contribution in [1.82, 2.24) is 10.2 Å². The summed E-state index contributed by atoms with van der Waals surface area (Å²) in [5.74, 6) is 0.842. The summed E-state index contributed by atoms with van der Waals surface area (Å²) < 4.78 is 5.48. The van der Waals surface area contributed by atoms with Crippen LogP contribution in [0, 0.1) is 5.92 Å². The maximum absolute atomic E-state index is 5.48. The standard InChI is InChI=1S/C18H28N2O/c1-2-5-16(6-3-1)13-18-15-20(10-4-9-19-18)14-17-7-11-21-12-8-17/h1-3,5-6,17-19H,4,7-15H2. The summed E-state index contributed by atoms with van der Waals surface area (Å²) in [7, 11) is 0. The van der Waals surface area contributed by atoms with E-state index in [2.05, 4.69) is 40.5 Å². The third kappa shape index (κ3) is 4.80. The number of hydrogen-bond acceptors (Lipinski definition) is 3. The number of benzene rings is 1. The van der Waals surface area contributed by atoms with Gasteiger partial charge in [-0.25, -0.2) is 0 Å². The van der Waals surface area contributed by atoms with E-state index in [4.69, 9.17) is 4.74 Å². The highest BCUT2D eigenvalue weighted by molar-refractivity contribution is 5.16. The van der Waals surface area contributed by atoms with Crippen molar-refractivity contribution in [1.29, 1.82) is 0 Å². The van der Waals surface area contributed by atoms with Gasteiger partial charge in [0, 0.05) is 32.3 Å². The molecule has 1 aromatic rings. The molecule has 0 radical (unpaired) electrons. The van der Waals surface area contributed by atoms with E-state index in [1.54, 1.807) is 0 Å². The molecular weight excluding hydrogens is 260 g/mol. The molecule has 0 aromatic heterocycles. The topological polar surface area (TPSA) is 24.5 Å². The van der Waals surface area contributed by atoms with Gasteiger partial charge in [0.25, 0.3) is 0 Å². The third-order valence-corrected chi connectivity index (χ3v) is 4.74. The molecule has 0 spiro atoms. The zero-order chi connectivity index (χ0) is 14.3. The first kappa shape index (κ1) is 15.0. The number of nitrogens with zero attached hydrogens (tertiary/aromatic N) is 1. The summed E-state index contributed by atoms with van der Waals surface area (Å²) in [6, 6.07) is 11.5. The molecule has 3 heteroatoms. The molecule has 3 nitrogen and oxygen atoms in total. The highest BCUT2D eigenvalue weighted by Gasteiger charge is 2.22. The van der Waals surface area contributed by atoms with E-state index in [0.29, 0.717) is 6.04 Å². The van der Waals surface area contributed by atoms with Gasteiger partial charge in [-0.05, 0) is 50.3 Å². The monoisotopic (exact) mass is 288 g/mol. The van der Waals surface area contributed by atoms with Crippen molar-refractivity contribution >= 4 is 0 Å². The fourth-order valence-corrected chi connectivity index (χ4v) is 3.57. The van der Waals surface area contributed by atoms with Crippen molar-refractivity contribution in [3.05, 3.63) is 35.9 Å². The van der Waals surface area contributed by atoms with E-state index in [0.717, 1.165) is 32.1 Å². The Hall–Kier alpha value is -0.900. The summed E-state index contributed by atoms with van der Waals surface area (Å²) >= 11 is 0. The van der Waals surface area contributed by atoms with Gasteiger partial charge in [-0.1, -0.05) is 30.3 Å². The van der Waals surface area contributed by atoms with Crippen molar-refractivity contribution in [2.24, 2.45) is 5.92 Å². The Morgan fingerprint density at radius 1 is 1.14 bits per heavy atom. The van der Waals surface area contributed by atoms with Crippen molar-refractivity contribution in [3.8, 4) is 0 Å². The first-order valence-electron chi connectivity index (χ1n) is 8.47. The van der Waals surface area contributed by atoms with E-state index < -0.39 is 0 Å². The Labute approximate surface area is 128 Å². The van der Waals surface area contributed by atoms with Crippen LogP contribution in [-0.4, -0.2) is 50.3 Å². The van der Waals surface area contributed by atoms with Crippen LogP contribution in [-0.2, 0) is 11.2 Å². The fraction of sp³-hybridized carbons (Fsp3) is 0.667. The quantitative estimate of drug-likeness (QED) is 0.920. The first-order valence-corrected chi connectivity index (χ1v) is 8.47. The van der Waals surface area contributed by atoms with Crippen LogP contribution < -0.4 is 5.32 Å². The molecule has 0 amide bonds. The lowest BCUT2D eigenvalue weighted by atomic mass is 9.99. The minimum absolute atomic E-state index is 0.592. The normalized spacial score (nSPS) is 25.6. The van der Waals surface area contributed by atoms with Crippen molar-refractivity contribution < 1.29 is 4.74 Å². The molecule has 2 aliphatic heterocycles. The predicted octanol–water partition coefficient (Wildman–Crippen LogP) is 2.32. The average molecular weight is 288 g/mol. The molecule has 21 heavy (non-hydrogen) atoms. The van der Waals surface area contributed by atoms with Gasteiger partial charge in [-0.15, -0.1) is 0 Å². The molecule has 116 valence electrons. The zero-order valence-corrected chi connectivity index (χ0v) is 13.0. The van der Waals surface area contributed by atoms with Gasteiger partial charge in [-0.3, -0.25) is 0 Å². The Bertz CT molecular complexity index is 403. The second-order valence-electron chi connectivity index (χ2n) is 6.51. The minimum Gasteiger partial charge on any atom is -0.381 e. The van der Waals surface area contributed by atoms with E-state index in [-0.39, 0.29) is 0 Å². The van der Waals surface area contributed by atoms with E-state index in [1.807, 2.05) is 0 Å². The molecule has 1 unspecified atom stereocenters. The number of ether oxygens (including phenoxy) is 1. The van der Waals surface area contributed by atoms with Crippen LogP contribution in [0.2, 0.25) is 0 Å². The largest absolute Gasteiger partial charge is 0.381 e. The minimum atomic E-state index is 0.592. The van der Waals surface area contributed by atoms with Gasteiger partial charge < -0.3 is 15.0 Å². The highest BCUT2D eigenvalue weighted by Crippen LogP contribution is 2.17. The van der Waals surface area contributed by atoms with Crippen LogP contribution in [0.25, 0.3) is 0 Å². The van der Waals surface area contributed by atoms with Gasteiger partial charge in [0.2, 0.25) is 0 Å². The van der Waals surface area contributed by atoms with Crippen LogP contribution in [0.5, 0.6) is 0 Å². The number of hydrogen-bond donors (Lipinski definition) is 1. The van der Waals surface area contributed by atoms with E-state index >= 15 is 0 Å². The van der Waals surface area contributed by atoms with Crippen LogP contribution >= 0.6 is 0 Å². The Morgan fingerprint density at radius 2 is 1.95 bits per heavy atom. The van der Waals surface area contributed by atoms with Gasteiger partial charge in [0.05, 0.1) is 0 Å². The molecule has 0 saturated carbocycles. The molecule has 3 rings (SSSR count). The lowest BCUT2D eigenvalue weighted by Crippen LogP contribution is -2.41. The number of rotatable bonds is 4. The van der Waals surface area contributed by atoms with Gasteiger partial charge >= 0.3 is 0 Å². The van der Waals surface area contributed by atoms with Crippen molar-refractivity contribution in [2.45, 2.75) is 31.7 Å². The molecular formula is C18H28N2O. The van der Waals surface area contributed by atoms with Gasteiger partial charge in [-0.2, -0.15) is 0 Å². The summed E-state index contributed by atoms with van der Waals surface area (Å²) in [6.45, 7) is 6.77. The van der Waals surface area contributed by atoms with Crippen molar-refractivity contribution in [3.63, 3.8) is 0 Å². The Balaban J connectivity index is 1.53. The second-order valence-corrected chi connectivity index (χ2v) is 6.51. The average Bonchev–Trinajstić information content (AvgIpc) is 2.74. The Morgan fingerprint density at radius 3 is 2.76 bits per heavy atom.